The number of carboxylic acid groups (broad SMARTS) is 1. The van der Waals surface area contributed by atoms with Crippen LogP contribution in [-0.2, 0) is 4.79 Å². The molecule has 0 heterocycles. The lowest BCUT2D eigenvalue weighted by molar-refractivity contribution is -0.197. The van der Waals surface area contributed by atoms with E-state index in [1.54, 1.807) is 20.8 Å². The monoisotopic (exact) mass is 161 g/mol. The predicted molar refractivity (Wildman–Crippen MR) is 40.5 cm³/mol. The van der Waals surface area contributed by atoms with Crippen LogP contribution in [0.15, 0.2) is 0 Å². The summed E-state index contributed by atoms with van der Waals surface area (Å²) in [6.07, 6.45) is 0. The van der Waals surface area contributed by atoms with Crippen LogP contribution in [0, 0.1) is 0 Å². The van der Waals surface area contributed by atoms with Gasteiger partial charge in [-0.2, -0.15) is 5.06 Å². The Morgan fingerprint density at radius 1 is 1.45 bits per heavy atom. The lowest BCUT2D eigenvalue weighted by Gasteiger charge is -2.32. The Kier molecular flexibility index (Phi) is 3.02. The first-order valence-corrected chi connectivity index (χ1v) is 3.48. The maximum absolute atomic E-state index is 10.4. The molecule has 0 saturated heterocycles. The number of hydrogen-bond donors (Lipinski definition) is 2. The van der Waals surface area contributed by atoms with Crippen LogP contribution in [0.25, 0.3) is 0 Å². The molecule has 1 atom stereocenters. The van der Waals surface area contributed by atoms with Gasteiger partial charge in [-0.1, -0.05) is 0 Å². The molecule has 4 heteroatoms. The van der Waals surface area contributed by atoms with E-state index in [1.807, 2.05) is 0 Å². The molecule has 0 amide bonds. The Morgan fingerprint density at radius 3 is 1.91 bits per heavy atom. The van der Waals surface area contributed by atoms with Gasteiger partial charge in [-0.3, -0.25) is 4.79 Å². The predicted octanol–water partition coefficient (Wildman–Crippen LogP) is 0.949. The summed E-state index contributed by atoms with van der Waals surface area (Å²) in [4.78, 5) is 10.4. The number of nitrogens with zero attached hydrogens (tertiary/aromatic N) is 1. The third-order valence-corrected chi connectivity index (χ3v) is 1.41. The van der Waals surface area contributed by atoms with Crippen LogP contribution >= 0.6 is 0 Å². The van der Waals surface area contributed by atoms with Crippen LogP contribution < -0.4 is 0 Å². The molecular weight excluding hydrogens is 146 g/mol. The second-order valence-electron chi connectivity index (χ2n) is 3.53. The fraction of sp³-hybridized carbons (Fsp3) is 0.857. The van der Waals surface area contributed by atoms with Gasteiger partial charge in [-0.25, -0.2) is 0 Å². The van der Waals surface area contributed by atoms with E-state index in [0.717, 1.165) is 5.06 Å². The van der Waals surface area contributed by atoms with Gasteiger partial charge in [0, 0.05) is 5.54 Å². The molecule has 0 spiro atoms. The molecule has 0 aliphatic carbocycles. The lowest BCUT2D eigenvalue weighted by atomic mass is 10.1. The Morgan fingerprint density at radius 2 is 1.82 bits per heavy atom. The maximum atomic E-state index is 10.4. The molecule has 0 aromatic heterocycles. The number of carbonyl (C=O) groups is 1. The topological polar surface area (TPSA) is 60.8 Å². The van der Waals surface area contributed by atoms with Crippen LogP contribution in [0.4, 0.5) is 0 Å². The summed E-state index contributed by atoms with van der Waals surface area (Å²) >= 11 is 0. The van der Waals surface area contributed by atoms with Gasteiger partial charge in [0.1, 0.15) is 6.04 Å². The summed E-state index contributed by atoms with van der Waals surface area (Å²) in [6.45, 7) is 6.67. The van der Waals surface area contributed by atoms with Crippen LogP contribution in [0.5, 0.6) is 0 Å². The minimum Gasteiger partial charge on any atom is -0.480 e. The molecule has 2 N–H and O–H groups in total. The van der Waals surface area contributed by atoms with Crippen molar-refractivity contribution in [2.24, 2.45) is 0 Å². The van der Waals surface area contributed by atoms with Gasteiger partial charge in [-0.15, -0.1) is 0 Å². The Hall–Kier alpha value is -0.610. The van der Waals surface area contributed by atoms with Crippen LogP contribution in [0.1, 0.15) is 27.7 Å². The van der Waals surface area contributed by atoms with E-state index < -0.39 is 17.6 Å². The van der Waals surface area contributed by atoms with Crippen molar-refractivity contribution in [3.8, 4) is 0 Å². The van der Waals surface area contributed by atoms with E-state index in [4.69, 9.17) is 5.11 Å². The van der Waals surface area contributed by atoms with Crippen LogP contribution in [-0.4, -0.2) is 32.9 Å². The van der Waals surface area contributed by atoms with Crippen molar-refractivity contribution < 1.29 is 15.1 Å². The van der Waals surface area contributed by atoms with Gasteiger partial charge in [0.25, 0.3) is 0 Å². The minimum atomic E-state index is -1.03. The number of carboxylic acids is 1. The van der Waals surface area contributed by atoms with Gasteiger partial charge in [0.2, 0.25) is 0 Å². The first kappa shape index (κ1) is 10.4. The average molecular weight is 161 g/mol. The third-order valence-electron chi connectivity index (χ3n) is 1.41. The maximum Gasteiger partial charge on any atom is 0.323 e. The number of aliphatic carboxylic acids is 1. The Bertz CT molecular complexity index is 150. The van der Waals surface area contributed by atoms with Gasteiger partial charge >= 0.3 is 5.97 Å². The second-order valence-corrected chi connectivity index (χ2v) is 3.53. The first-order valence-electron chi connectivity index (χ1n) is 3.48. The van der Waals surface area contributed by atoms with Gasteiger partial charge < -0.3 is 10.3 Å². The summed E-state index contributed by atoms with van der Waals surface area (Å²) in [6, 6.07) is -0.866. The molecule has 11 heavy (non-hydrogen) atoms. The largest absolute Gasteiger partial charge is 0.480 e. The zero-order valence-corrected chi connectivity index (χ0v) is 7.33. The number of hydroxylamine groups is 2. The van der Waals surface area contributed by atoms with Crippen molar-refractivity contribution in [3.05, 3.63) is 0 Å². The van der Waals surface area contributed by atoms with E-state index in [9.17, 15) is 10.0 Å². The molecule has 4 nitrogen and oxygen atoms in total. The number of rotatable bonds is 2. The number of hydrogen-bond acceptors (Lipinski definition) is 3. The zero-order chi connectivity index (χ0) is 9.23. The van der Waals surface area contributed by atoms with Gasteiger partial charge in [-0.05, 0) is 27.7 Å². The summed E-state index contributed by atoms with van der Waals surface area (Å²) < 4.78 is 0. The van der Waals surface area contributed by atoms with Crippen molar-refractivity contribution >= 4 is 5.97 Å². The molecule has 0 aliphatic rings. The van der Waals surface area contributed by atoms with E-state index in [1.165, 1.54) is 6.92 Å². The van der Waals surface area contributed by atoms with E-state index >= 15 is 0 Å². The Balaban J connectivity index is 4.25. The fourth-order valence-corrected chi connectivity index (χ4v) is 0.686. The molecule has 0 bridgehead atoms. The smallest absolute Gasteiger partial charge is 0.323 e. The average Bonchev–Trinajstić information content (AvgIpc) is 1.82. The highest BCUT2D eigenvalue weighted by Gasteiger charge is 2.28. The quantitative estimate of drug-likeness (QED) is 0.592. The molecule has 0 radical (unpaired) electrons. The molecule has 66 valence electrons. The summed E-state index contributed by atoms with van der Waals surface area (Å²) in [5.41, 5.74) is -0.530. The fourth-order valence-electron chi connectivity index (χ4n) is 0.686. The molecule has 0 fully saturated rings. The molecule has 0 rings (SSSR count). The third kappa shape index (κ3) is 2.86. The minimum absolute atomic E-state index is 0.530. The first-order chi connectivity index (χ1) is 4.76. The van der Waals surface area contributed by atoms with Crippen molar-refractivity contribution in [1.29, 1.82) is 0 Å². The Labute approximate surface area is 66.4 Å². The highest BCUT2D eigenvalue weighted by molar-refractivity contribution is 5.72. The molecule has 0 unspecified atom stereocenters. The van der Waals surface area contributed by atoms with Crippen molar-refractivity contribution in [1.82, 2.24) is 5.06 Å². The van der Waals surface area contributed by atoms with Crippen molar-refractivity contribution in [2.75, 3.05) is 0 Å². The summed E-state index contributed by atoms with van der Waals surface area (Å²) in [5.74, 6) is -1.03. The standard InChI is InChI=1S/C7H15NO3/c1-5(6(9)10)8(11)7(2,3)4/h5,11H,1-4H3,(H,9,10)/t5-/m0/s1. The lowest BCUT2D eigenvalue weighted by Crippen LogP contribution is -2.47. The van der Waals surface area contributed by atoms with Crippen LogP contribution in [0.3, 0.4) is 0 Å². The second kappa shape index (κ2) is 3.19. The van der Waals surface area contributed by atoms with E-state index in [0.29, 0.717) is 0 Å². The van der Waals surface area contributed by atoms with Crippen LogP contribution in [0.2, 0.25) is 0 Å². The molecule has 0 aromatic carbocycles. The van der Waals surface area contributed by atoms with Gasteiger partial charge in [0.05, 0.1) is 0 Å². The molecule has 0 aromatic rings. The highest BCUT2D eigenvalue weighted by atomic mass is 16.5. The molecule has 0 saturated carbocycles. The highest BCUT2D eigenvalue weighted by Crippen LogP contribution is 2.13. The van der Waals surface area contributed by atoms with Crippen molar-refractivity contribution in [2.45, 2.75) is 39.3 Å². The normalized spacial score (nSPS) is 15.1. The van der Waals surface area contributed by atoms with Crippen molar-refractivity contribution in [3.63, 3.8) is 0 Å². The van der Waals surface area contributed by atoms with E-state index in [2.05, 4.69) is 0 Å². The van der Waals surface area contributed by atoms with Gasteiger partial charge in [0.15, 0.2) is 0 Å². The molecular formula is C7H15NO3. The summed E-state index contributed by atoms with van der Waals surface area (Å²) in [5, 5.41) is 18.6. The van der Waals surface area contributed by atoms with E-state index in [-0.39, 0.29) is 0 Å². The molecule has 0 aliphatic heterocycles. The summed E-state index contributed by atoms with van der Waals surface area (Å²) in [7, 11) is 0. The SMILES string of the molecule is C[C@@H](C(=O)O)N(O)C(C)(C)C. The zero-order valence-electron chi connectivity index (χ0n) is 7.33.